The third-order valence-corrected chi connectivity index (χ3v) is 2.48. The van der Waals surface area contributed by atoms with Crippen molar-refractivity contribution < 1.29 is 4.74 Å². The maximum absolute atomic E-state index is 5.62. The van der Waals surface area contributed by atoms with E-state index >= 15 is 0 Å². The first-order chi connectivity index (χ1) is 6.75. The van der Waals surface area contributed by atoms with Gasteiger partial charge in [0.05, 0.1) is 24.9 Å². The van der Waals surface area contributed by atoms with Gasteiger partial charge in [-0.2, -0.15) is 5.10 Å². The molecule has 1 fully saturated rings. The molecule has 2 heterocycles. The molecule has 0 unspecified atom stereocenters. The Morgan fingerprint density at radius 1 is 1.64 bits per heavy atom. The van der Waals surface area contributed by atoms with E-state index in [2.05, 4.69) is 23.4 Å². The van der Waals surface area contributed by atoms with E-state index in [1.807, 2.05) is 11.6 Å². The Kier molecular flexibility index (Phi) is 2.84. The number of morpholine rings is 1. The Labute approximate surface area is 84.3 Å². The van der Waals surface area contributed by atoms with E-state index in [0.29, 0.717) is 0 Å². The molecule has 4 nitrogen and oxygen atoms in total. The SMILES string of the molecule is Cc1cc(C)n(C[C@H]2CNCCO2)n1. The van der Waals surface area contributed by atoms with Crippen LogP contribution in [0.15, 0.2) is 6.07 Å². The van der Waals surface area contributed by atoms with E-state index in [0.717, 1.165) is 31.9 Å². The minimum atomic E-state index is 0.266. The molecule has 0 spiro atoms. The Balaban J connectivity index is 1.98. The fraction of sp³-hybridized carbons (Fsp3) is 0.700. The highest BCUT2D eigenvalue weighted by Gasteiger charge is 2.15. The van der Waals surface area contributed by atoms with Crippen LogP contribution in [-0.4, -0.2) is 35.6 Å². The second kappa shape index (κ2) is 4.11. The highest BCUT2D eigenvalue weighted by Crippen LogP contribution is 2.05. The van der Waals surface area contributed by atoms with E-state index in [9.17, 15) is 0 Å². The zero-order valence-corrected chi connectivity index (χ0v) is 8.79. The van der Waals surface area contributed by atoms with Gasteiger partial charge in [-0.3, -0.25) is 4.68 Å². The summed E-state index contributed by atoms with van der Waals surface area (Å²) >= 11 is 0. The zero-order chi connectivity index (χ0) is 9.97. The first-order valence-corrected chi connectivity index (χ1v) is 5.09. The van der Waals surface area contributed by atoms with E-state index in [1.165, 1.54) is 5.69 Å². The molecule has 0 amide bonds. The van der Waals surface area contributed by atoms with E-state index in [4.69, 9.17) is 4.74 Å². The van der Waals surface area contributed by atoms with Crippen molar-refractivity contribution in [2.24, 2.45) is 0 Å². The first-order valence-electron chi connectivity index (χ1n) is 5.09. The molecule has 14 heavy (non-hydrogen) atoms. The second-order valence-corrected chi connectivity index (χ2v) is 3.81. The average Bonchev–Trinajstić information content (AvgIpc) is 2.47. The molecular weight excluding hydrogens is 178 g/mol. The number of ether oxygens (including phenoxy) is 1. The van der Waals surface area contributed by atoms with Crippen LogP contribution in [0.3, 0.4) is 0 Å². The van der Waals surface area contributed by atoms with E-state index in [1.54, 1.807) is 0 Å². The first kappa shape index (κ1) is 9.68. The summed E-state index contributed by atoms with van der Waals surface area (Å²) < 4.78 is 7.64. The number of aryl methyl sites for hydroxylation is 2. The van der Waals surface area contributed by atoms with E-state index < -0.39 is 0 Å². The average molecular weight is 195 g/mol. The van der Waals surface area contributed by atoms with Crippen LogP contribution in [0.2, 0.25) is 0 Å². The highest BCUT2D eigenvalue weighted by molar-refractivity contribution is 5.06. The van der Waals surface area contributed by atoms with Crippen molar-refractivity contribution in [2.75, 3.05) is 19.7 Å². The van der Waals surface area contributed by atoms with Crippen molar-refractivity contribution in [1.82, 2.24) is 15.1 Å². The summed E-state index contributed by atoms with van der Waals surface area (Å²) in [5.41, 5.74) is 2.28. The third-order valence-electron chi connectivity index (χ3n) is 2.48. The van der Waals surface area contributed by atoms with Crippen LogP contribution in [0.1, 0.15) is 11.4 Å². The second-order valence-electron chi connectivity index (χ2n) is 3.81. The predicted molar refractivity (Wildman–Crippen MR) is 54.3 cm³/mol. The molecular formula is C10H17N3O. The van der Waals surface area contributed by atoms with Crippen molar-refractivity contribution >= 4 is 0 Å². The molecule has 0 bridgehead atoms. The molecule has 78 valence electrons. The Morgan fingerprint density at radius 3 is 3.07 bits per heavy atom. The maximum atomic E-state index is 5.62. The van der Waals surface area contributed by atoms with Crippen LogP contribution in [0.4, 0.5) is 0 Å². The van der Waals surface area contributed by atoms with Crippen LogP contribution in [0.25, 0.3) is 0 Å². The number of nitrogens with zero attached hydrogens (tertiary/aromatic N) is 2. The van der Waals surface area contributed by atoms with Crippen molar-refractivity contribution in [3.63, 3.8) is 0 Å². The van der Waals surface area contributed by atoms with Crippen LogP contribution in [-0.2, 0) is 11.3 Å². The molecule has 0 aromatic carbocycles. The summed E-state index contributed by atoms with van der Waals surface area (Å²) in [6.45, 7) is 7.66. The summed E-state index contributed by atoms with van der Waals surface area (Å²) in [5, 5.41) is 7.73. The lowest BCUT2D eigenvalue weighted by Crippen LogP contribution is -2.41. The van der Waals surface area contributed by atoms with Crippen LogP contribution < -0.4 is 5.32 Å². The monoisotopic (exact) mass is 195 g/mol. The lowest BCUT2D eigenvalue weighted by atomic mass is 10.3. The highest BCUT2D eigenvalue weighted by atomic mass is 16.5. The quantitative estimate of drug-likeness (QED) is 0.746. The van der Waals surface area contributed by atoms with Crippen LogP contribution in [0.5, 0.6) is 0 Å². The number of nitrogens with one attached hydrogen (secondary N) is 1. The summed E-state index contributed by atoms with van der Waals surface area (Å²) in [6, 6.07) is 2.09. The molecule has 4 heteroatoms. The molecule has 1 atom stereocenters. The fourth-order valence-electron chi connectivity index (χ4n) is 1.79. The topological polar surface area (TPSA) is 39.1 Å². The fourth-order valence-corrected chi connectivity index (χ4v) is 1.79. The van der Waals surface area contributed by atoms with Crippen LogP contribution >= 0.6 is 0 Å². The van der Waals surface area contributed by atoms with Gasteiger partial charge in [0, 0.05) is 18.8 Å². The minimum absolute atomic E-state index is 0.266. The molecule has 0 saturated carbocycles. The van der Waals surface area contributed by atoms with Gasteiger partial charge in [0.25, 0.3) is 0 Å². The molecule has 1 N–H and O–H groups in total. The minimum Gasteiger partial charge on any atom is -0.374 e. The van der Waals surface area contributed by atoms with Gasteiger partial charge in [0.1, 0.15) is 0 Å². The molecule has 1 saturated heterocycles. The number of rotatable bonds is 2. The van der Waals surface area contributed by atoms with Gasteiger partial charge in [0.15, 0.2) is 0 Å². The standard InChI is InChI=1S/C10H17N3O/c1-8-5-9(2)13(12-8)7-10-6-11-3-4-14-10/h5,10-11H,3-4,6-7H2,1-2H3/t10-/m1/s1. The molecule has 1 aromatic heterocycles. The number of hydrogen-bond acceptors (Lipinski definition) is 3. The molecule has 0 aliphatic carbocycles. The van der Waals surface area contributed by atoms with Crippen LogP contribution in [0, 0.1) is 13.8 Å². The molecule has 0 radical (unpaired) electrons. The van der Waals surface area contributed by atoms with Gasteiger partial charge < -0.3 is 10.1 Å². The lowest BCUT2D eigenvalue weighted by Gasteiger charge is -2.23. The van der Waals surface area contributed by atoms with Crippen molar-refractivity contribution in [3.8, 4) is 0 Å². The maximum Gasteiger partial charge on any atom is 0.0895 e. The Hall–Kier alpha value is -0.870. The van der Waals surface area contributed by atoms with Gasteiger partial charge in [-0.05, 0) is 19.9 Å². The molecule has 2 rings (SSSR count). The van der Waals surface area contributed by atoms with Gasteiger partial charge in [-0.15, -0.1) is 0 Å². The summed E-state index contributed by atoms with van der Waals surface area (Å²) in [7, 11) is 0. The van der Waals surface area contributed by atoms with Gasteiger partial charge in [-0.1, -0.05) is 0 Å². The third kappa shape index (κ3) is 2.13. The van der Waals surface area contributed by atoms with E-state index in [-0.39, 0.29) is 6.10 Å². The molecule has 1 aromatic rings. The number of hydrogen-bond donors (Lipinski definition) is 1. The largest absolute Gasteiger partial charge is 0.374 e. The summed E-state index contributed by atoms with van der Waals surface area (Å²) in [6.07, 6.45) is 0.266. The van der Waals surface area contributed by atoms with Gasteiger partial charge in [0.2, 0.25) is 0 Å². The normalized spacial score (nSPS) is 22.6. The predicted octanol–water partition coefficient (Wildman–Crippen LogP) is 0.488. The molecule has 1 aliphatic heterocycles. The lowest BCUT2D eigenvalue weighted by molar-refractivity contribution is 0.0157. The van der Waals surface area contributed by atoms with Crippen molar-refractivity contribution in [2.45, 2.75) is 26.5 Å². The zero-order valence-electron chi connectivity index (χ0n) is 8.79. The molecule has 1 aliphatic rings. The number of aromatic nitrogens is 2. The Morgan fingerprint density at radius 2 is 2.50 bits per heavy atom. The smallest absolute Gasteiger partial charge is 0.0895 e. The van der Waals surface area contributed by atoms with Gasteiger partial charge in [-0.25, -0.2) is 0 Å². The Bertz CT molecular complexity index is 302. The summed E-state index contributed by atoms with van der Waals surface area (Å²) in [4.78, 5) is 0. The van der Waals surface area contributed by atoms with Crippen molar-refractivity contribution in [1.29, 1.82) is 0 Å². The summed E-state index contributed by atoms with van der Waals surface area (Å²) in [5.74, 6) is 0. The van der Waals surface area contributed by atoms with Gasteiger partial charge >= 0.3 is 0 Å². The van der Waals surface area contributed by atoms with Crippen molar-refractivity contribution in [3.05, 3.63) is 17.5 Å².